The number of hydrogen-bond donors (Lipinski definition) is 2. The summed E-state index contributed by atoms with van der Waals surface area (Å²) in [6, 6.07) is 13.1. The molecule has 7 nitrogen and oxygen atoms in total. The molecule has 0 aliphatic carbocycles. The van der Waals surface area contributed by atoms with Gasteiger partial charge >= 0.3 is 0 Å². The first-order chi connectivity index (χ1) is 14.5. The van der Waals surface area contributed by atoms with Crippen LogP contribution in [0.5, 0.6) is 5.75 Å². The lowest BCUT2D eigenvalue weighted by atomic mass is 10.2. The molecular formula is C20H18ClFN2O5S2. The van der Waals surface area contributed by atoms with Crippen molar-refractivity contribution in [1.82, 2.24) is 0 Å². The lowest BCUT2D eigenvalue weighted by Gasteiger charge is -2.12. The number of hydrogen-bond acceptors (Lipinski definition) is 5. The molecule has 0 amide bonds. The van der Waals surface area contributed by atoms with Crippen LogP contribution in [0.4, 0.5) is 15.8 Å². The van der Waals surface area contributed by atoms with E-state index in [4.69, 9.17) is 16.3 Å². The molecule has 0 spiro atoms. The quantitative estimate of drug-likeness (QED) is 0.517. The van der Waals surface area contributed by atoms with Crippen molar-refractivity contribution in [3.8, 4) is 5.75 Å². The molecule has 164 valence electrons. The van der Waals surface area contributed by atoms with Crippen molar-refractivity contribution in [2.24, 2.45) is 0 Å². The third-order valence-corrected chi connectivity index (χ3v) is 7.29. The molecule has 3 rings (SSSR count). The number of methoxy groups -OCH3 is 1. The van der Waals surface area contributed by atoms with Gasteiger partial charge in [0, 0.05) is 10.7 Å². The zero-order valence-corrected chi connectivity index (χ0v) is 18.8. The summed E-state index contributed by atoms with van der Waals surface area (Å²) in [4.78, 5) is -0.383. The van der Waals surface area contributed by atoms with Crippen LogP contribution in [0.25, 0.3) is 0 Å². The van der Waals surface area contributed by atoms with E-state index in [1.807, 2.05) is 0 Å². The van der Waals surface area contributed by atoms with Crippen LogP contribution in [0.1, 0.15) is 5.56 Å². The molecule has 0 unspecified atom stereocenters. The molecular weight excluding hydrogens is 467 g/mol. The van der Waals surface area contributed by atoms with Gasteiger partial charge in [-0.05, 0) is 67.1 Å². The number of rotatable bonds is 7. The molecule has 3 aromatic carbocycles. The molecule has 0 aliphatic heterocycles. The number of aryl methyl sites for hydroxylation is 1. The largest absolute Gasteiger partial charge is 0.494 e. The highest BCUT2D eigenvalue weighted by Crippen LogP contribution is 2.25. The van der Waals surface area contributed by atoms with E-state index in [9.17, 15) is 21.2 Å². The Balaban J connectivity index is 1.81. The lowest BCUT2D eigenvalue weighted by molar-refractivity contribution is 0.385. The lowest BCUT2D eigenvalue weighted by Crippen LogP contribution is -2.15. The number of nitrogens with one attached hydrogen (secondary N) is 2. The zero-order chi connectivity index (χ0) is 22.8. The maximum Gasteiger partial charge on any atom is 0.262 e. The van der Waals surface area contributed by atoms with Crippen molar-refractivity contribution < 1.29 is 26.0 Å². The summed E-state index contributed by atoms with van der Waals surface area (Å²) in [5.41, 5.74) is 1.12. The normalized spacial score (nSPS) is 11.7. The van der Waals surface area contributed by atoms with E-state index in [0.29, 0.717) is 16.3 Å². The molecule has 0 aliphatic rings. The molecule has 11 heteroatoms. The number of halogens is 2. The van der Waals surface area contributed by atoms with E-state index >= 15 is 0 Å². The predicted molar refractivity (Wildman–Crippen MR) is 117 cm³/mol. The Hall–Kier alpha value is -2.82. The Morgan fingerprint density at radius 1 is 0.839 bits per heavy atom. The Morgan fingerprint density at radius 3 is 2.06 bits per heavy atom. The highest BCUT2D eigenvalue weighted by atomic mass is 35.5. The molecule has 0 atom stereocenters. The van der Waals surface area contributed by atoms with Crippen molar-refractivity contribution in [2.45, 2.75) is 16.7 Å². The fourth-order valence-electron chi connectivity index (χ4n) is 2.64. The van der Waals surface area contributed by atoms with Crippen LogP contribution < -0.4 is 14.2 Å². The van der Waals surface area contributed by atoms with Crippen molar-refractivity contribution >= 4 is 43.0 Å². The van der Waals surface area contributed by atoms with Gasteiger partial charge < -0.3 is 4.74 Å². The van der Waals surface area contributed by atoms with Crippen LogP contribution in [0, 0.1) is 12.7 Å². The SMILES string of the molecule is COc1ccc(S(=O)(=O)Nc2ccc(S(=O)(=O)Nc3cc(Cl)ccc3C)cc2)cc1F. The zero-order valence-electron chi connectivity index (χ0n) is 16.4. The van der Waals surface area contributed by atoms with Crippen LogP contribution in [0.3, 0.4) is 0 Å². The van der Waals surface area contributed by atoms with Crippen LogP contribution in [-0.4, -0.2) is 23.9 Å². The van der Waals surface area contributed by atoms with Gasteiger partial charge in [0.15, 0.2) is 11.6 Å². The second-order valence-corrected chi connectivity index (χ2v) is 10.3. The van der Waals surface area contributed by atoms with Gasteiger partial charge in [0.2, 0.25) is 0 Å². The van der Waals surface area contributed by atoms with E-state index in [-0.39, 0.29) is 21.2 Å². The van der Waals surface area contributed by atoms with Crippen molar-refractivity contribution in [2.75, 3.05) is 16.6 Å². The van der Waals surface area contributed by atoms with E-state index in [1.54, 1.807) is 19.1 Å². The summed E-state index contributed by atoms with van der Waals surface area (Å²) < 4.78 is 73.6. The molecule has 0 saturated heterocycles. The Labute approximate surface area is 184 Å². The van der Waals surface area contributed by atoms with Crippen molar-refractivity contribution in [1.29, 1.82) is 0 Å². The highest BCUT2D eigenvalue weighted by Gasteiger charge is 2.19. The van der Waals surface area contributed by atoms with Gasteiger partial charge in [0.1, 0.15) is 0 Å². The molecule has 0 heterocycles. The smallest absolute Gasteiger partial charge is 0.262 e. The Bertz CT molecular complexity index is 1330. The van der Waals surface area contributed by atoms with Crippen LogP contribution in [-0.2, 0) is 20.0 Å². The van der Waals surface area contributed by atoms with Crippen LogP contribution in [0.2, 0.25) is 5.02 Å². The fraction of sp³-hybridized carbons (Fsp3) is 0.100. The molecule has 0 saturated carbocycles. The number of sulfonamides is 2. The molecule has 0 aromatic heterocycles. The molecule has 0 radical (unpaired) electrons. The summed E-state index contributed by atoms with van der Waals surface area (Å²) >= 11 is 5.92. The van der Waals surface area contributed by atoms with Crippen LogP contribution >= 0.6 is 11.6 Å². The van der Waals surface area contributed by atoms with Gasteiger partial charge in [-0.1, -0.05) is 17.7 Å². The maximum absolute atomic E-state index is 13.8. The molecule has 0 fully saturated rings. The first kappa shape index (κ1) is 22.9. The number of anilines is 2. The number of benzene rings is 3. The summed E-state index contributed by atoms with van der Waals surface area (Å²) in [6.07, 6.45) is 0. The standard InChI is InChI=1S/C20H18ClFN2O5S2/c1-13-3-4-14(21)11-19(13)24-30(25,26)16-7-5-15(6-8-16)23-31(27,28)17-9-10-20(29-2)18(22)12-17/h3-12,23-24H,1-2H3. The molecule has 3 aromatic rings. The second-order valence-electron chi connectivity index (χ2n) is 6.49. The average Bonchev–Trinajstić information content (AvgIpc) is 2.70. The second kappa shape index (κ2) is 8.74. The minimum atomic E-state index is -4.09. The van der Waals surface area contributed by atoms with E-state index in [0.717, 1.165) is 6.07 Å². The highest BCUT2D eigenvalue weighted by molar-refractivity contribution is 7.93. The van der Waals surface area contributed by atoms with Gasteiger partial charge in [0.25, 0.3) is 20.0 Å². The summed E-state index contributed by atoms with van der Waals surface area (Å²) in [5.74, 6) is -0.912. The van der Waals surface area contributed by atoms with Crippen molar-refractivity contribution in [3.05, 3.63) is 77.1 Å². The Morgan fingerprint density at radius 2 is 1.45 bits per heavy atom. The van der Waals surface area contributed by atoms with Gasteiger partial charge in [-0.15, -0.1) is 0 Å². The van der Waals surface area contributed by atoms with Gasteiger partial charge in [-0.2, -0.15) is 0 Å². The average molecular weight is 485 g/mol. The van der Waals surface area contributed by atoms with Crippen LogP contribution in [0.15, 0.2) is 70.5 Å². The van der Waals surface area contributed by atoms with Gasteiger partial charge in [-0.3, -0.25) is 9.44 Å². The summed E-state index contributed by atoms with van der Waals surface area (Å²) in [6.45, 7) is 1.73. The Kier molecular flexibility index (Phi) is 6.44. The first-order valence-electron chi connectivity index (χ1n) is 8.77. The molecule has 2 N–H and O–H groups in total. The summed E-state index contributed by atoms with van der Waals surface area (Å²) in [7, 11) is -6.75. The van der Waals surface area contributed by atoms with Crippen molar-refractivity contribution in [3.63, 3.8) is 0 Å². The minimum absolute atomic E-state index is 0.0784. The molecule has 31 heavy (non-hydrogen) atoms. The minimum Gasteiger partial charge on any atom is -0.494 e. The maximum atomic E-state index is 13.8. The topological polar surface area (TPSA) is 102 Å². The predicted octanol–water partition coefficient (Wildman–Crippen LogP) is 4.40. The monoisotopic (exact) mass is 484 g/mol. The van der Waals surface area contributed by atoms with E-state index in [2.05, 4.69) is 9.44 Å². The first-order valence-corrected chi connectivity index (χ1v) is 12.1. The summed E-state index contributed by atoms with van der Waals surface area (Å²) in [5, 5.41) is 0.378. The number of ether oxygens (including phenoxy) is 1. The van der Waals surface area contributed by atoms with E-state index in [1.165, 1.54) is 49.6 Å². The third kappa shape index (κ3) is 5.27. The fourth-order valence-corrected chi connectivity index (χ4v) is 5.00. The third-order valence-electron chi connectivity index (χ3n) is 4.29. The van der Waals surface area contributed by atoms with Gasteiger partial charge in [-0.25, -0.2) is 21.2 Å². The van der Waals surface area contributed by atoms with Gasteiger partial charge in [0.05, 0.1) is 22.6 Å². The molecule has 0 bridgehead atoms. The van der Waals surface area contributed by atoms with E-state index < -0.39 is 25.9 Å².